The van der Waals surface area contributed by atoms with E-state index in [0.29, 0.717) is 11.2 Å². The molecule has 0 spiro atoms. The first-order valence-corrected chi connectivity index (χ1v) is 12.1. The molecule has 0 aliphatic rings. The number of hydrogen-bond acceptors (Lipinski definition) is 4. The number of nitrogens with zero attached hydrogens (tertiary/aromatic N) is 1. The fourth-order valence-electron chi connectivity index (χ4n) is 3.29. The summed E-state index contributed by atoms with van der Waals surface area (Å²) in [5.74, 6) is 0. The van der Waals surface area contributed by atoms with Gasteiger partial charge in [-0.25, -0.2) is 13.1 Å². The molecule has 3 rings (SSSR count). The number of thiazole rings is 1. The minimum absolute atomic E-state index is 0.0481. The van der Waals surface area contributed by atoms with E-state index in [0.717, 1.165) is 28.8 Å². The van der Waals surface area contributed by atoms with Crippen LogP contribution in [0.25, 0.3) is 10.2 Å². The number of aryl methyl sites for hydroxylation is 1. The zero-order valence-electron chi connectivity index (χ0n) is 17.5. The van der Waals surface area contributed by atoms with Crippen LogP contribution in [0.5, 0.6) is 0 Å². The lowest BCUT2D eigenvalue weighted by molar-refractivity contribution is 0.566. The van der Waals surface area contributed by atoms with Crippen molar-refractivity contribution in [2.24, 2.45) is 0 Å². The summed E-state index contributed by atoms with van der Waals surface area (Å²) in [6, 6.07) is 12.5. The number of benzene rings is 2. The van der Waals surface area contributed by atoms with Gasteiger partial charge in [0.15, 0.2) is 0 Å². The second kappa shape index (κ2) is 8.05. The predicted octanol–water partition coefficient (Wildman–Crippen LogP) is 4.81. The van der Waals surface area contributed by atoms with Gasteiger partial charge in [-0.3, -0.25) is 9.36 Å². The van der Waals surface area contributed by atoms with Crippen molar-refractivity contribution >= 4 is 31.6 Å². The average molecular weight is 433 g/mol. The number of nitrogens with one attached hydrogen (secondary N) is 1. The number of aromatic nitrogens is 1. The van der Waals surface area contributed by atoms with Crippen molar-refractivity contribution in [3.8, 4) is 0 Å². The second-order valence-corrected chi connectivity index (χ2v) is 11.1. The van der Waals surface area contributed by atoms with Gasteiger partial charge in [0.05, 0.1) is 15.1 Å². The summed E-state index contributed by atoms with van der Waals surface area (Å²) in [7, 11) is -3.71. The highest BCUT2D eigenvalue weighted by atomic mass is 32.2. The highest BCUT2D eigenvalue weighted by Crippen LogP contribution is 2.26. The summed E-state index contributed by atoms with van der Waals surface area (Å²) in [6.07, 6.45) is 0.846. The van der Waals surface area contributed by atoms with Crippen LogP contribution >= 0.6 is 11.3 Å². The van der Waals surface area contributed by atoms with Crippen molar-refractivity contribution in [3.05, 3.63) is 63.3 Å². The van der Waals surface area contributed by atoms with Gasteiger partial charge in [-0.05, 0) is 48.1 Å². The molecule has 0 saturated carbocycles. The Hall–Kier alpha value is -1.96. The summed E-state index contributed by atoms with van der Waals surface area (Å²) < 4.78 is 31.0. The molecule has 1 atom stereocenters. The van der Waals surface area contributed by atoms with Crippen LogP contribution in [0.3, 0.4) is 0 Å². The maximum atomic E-state index is 12.9. The number of rotatable bonds is 6. The quantitative estimate of drug-likeness (QED) is 0.608. The zero-order valence-corrected chi connectivity index (χ0v) is 19.2. The number of fused-ring (bicyclic) bond motifs is 1. The van der Waals surface area contributed by atoms with Crippen LogP contribution in [-0.2, 0) is 22.0 Å². The summed E-state index contributed by atoms with van der Waals surface area (Å²) >= 11 is 1.08. The van der Waals surface area contributed by atoms with Gasteiger partial charge in [0, 0.05) is 12.6 Å². The standard InChI is InChI=1S/C22H28N2O3S2/c1-6-13-24-19-12-11-18(14-20(19)28-21(24)25)29(26,27)23-15(2)16-7-9-17(10-8-16)22(3,4)5/h7-12,14-15,23H,6,13H2,1-5H3/t15-/m0/s1. The molecule has 0 unspecified atom stereocenters. The highest BCUT2D eigenvalue weighted by Gasteiger charge is 2.21. The fraction of sp³-hybridized carbons (Fsp3) is 0.409. The Morgan fingerprint density at radius 1 is 1.10 bits per heavy atom. The molecule has 0 fully saturated rings. The first kappa shape index (κ1) is 21.7. The Kier molecular flexibility index (Phi) is 6.03. The third kappa shape index (κ3) is 4.63. The normalized spacial score (nSPS) is 13.7. The van der Waals surface area contributed by atoms with E-state index in [1.165, 1.54) is 5.56 Å². The third-order valence-corrected chi connectivity index (χ3v) is 7.49. The molecule has 1 heterocycles. The van der Waals surface area contributed by atoms with Crippen LogP contribution < -0.4 is 9.60 Å². The number of sulfonamides is 1. The monoisotopic (exact) mass is 432 g/mol. The van der Waals surface area contributed by atoms with Crippen LogP contribution in [0, 0.1) is 0 Å². The van der Waals surface area contributed by atoms with Gasteiger partial charge in [-0.1, -0.05) is 63.3 Å². The molecule has 1 aromatic heterocycles. The van der Waals surface area contributed by atoms with E-state index in [9.17, 15) is 13.2 Å². The topological polar surface area (TPSA) is 68.2 Å². The average Bonchev–Trinajstić information content (AvgIpc) is 2.96. The van der Waals surface area contributed by atoms with Crippen molar-refractivity contribution in [1.29, 1.82) is 0 Å². The van der Waals surface area contributed by atoms with E-state index >= 15 is 0 Å². The molecule has 7 heteroatoms. The van der Waals surface area contributed by atoms with Gasteiger partial charge >= 0.3 is 4.87 Å². The molecule has 3 aromatic rings. The highest BCUT2D eigenvalue weighted by molar-refractivity contribution is 7.89. The van der Waals surface area contributed by atoms with Crippen LogP contribution in [0.4, 0.5) is 0 Å². The van der Waals surface area contributed by atoms with Crippen LogP contribution in [0.15, 0.2) is 52.2 Å². The molecule has 1 N–H and O–H groups in total. The molecule has 2 aromatic carbocycles. The van der Waals surface area contributed by atoms with Crippen molar-refractivity contribution in [3.63, 3.8) is 0 Å². The second-order valence-electron chi connectivity index (χ2n) is 8.36. The first-order valence-electron chi connectivity index (χ1n) is 9.79. The molecule has 0 radical (unpaired) electrons. The Balaban J connectivity index is 1.86. The summed E-state index contributed by atoms with van der Waals surface area (Å²) in [6.45, 7) is 10.9. The predicted molar refractivity (Wildman–Crippen MR) is 120 cm³/mol. The molecular weight excluding hydrogens is 404 g/mol. The largest absolute Gasteiger partial charge is 0.308 e. The fourth-order valence-corrected chi connectivity index (χ4v) is 5.58. The SMILES string of the molecule is CCCn1c(=O)sc2cc(S(=O)(=O)N[C@@H](C)c3ccc(C(C)(C)C)cc3)ccc21. The van der Waals surface area contributed by atoms with E-state index in [2.05, 4.69) is 25.5 Å². The summed E-state index contributed by atoms with van der Waals surface area (Å²) in [5, 5.41) is 0. The summed E-state index contributed by atoms with van der Waals surface area (Å²) in [5.41, 5.74) is 2.94. The number of hydrogen-bond donors (Lipinski definition) is 1. The van der Waals surface area contributed by atoms with Crippen molar-refractivity contribution in [2.45, 2.75) is 63.9 Å². The van der Waals surface area contributed by atoms with Crippen molar-refractivity contribution < 1.29 is 8.42 Å². The van der Waals surface area contributed by atoms with Crippen LogP contribution in [0.2, 0.25) is 0 Å². The molecule has 0 aliphatic heterocycles. The van der Waals surface area contributed by atoms with E-state index in [-0.39, 0.29) is 21.2 Å². The molecule has 5 nitrogen and oxygen atoms in total. The minimum Gasteiger partial charge on any atom is -0.299 e. The van der Waals surface area contributed by atoms with Crippen LogP contribution in [0.1, 0.15) is 58.2 Å². The Bertz CT molecular complexity index is 1170. The minimum atomic E-state index is -3.71. The lowest BCUT2D eigenvalue weighted by Gasteiger charge is -2.20. The van der Waals surface area contributed by atoms with Crippen molar-refractivity contribution in [2.75, 3.05) is 0 Å². The van der Waals surface area contributed by atoms with Gasteiger partial charge in [0.2, 0.25) is 10.0 Å². The van der Waals surface area contributed by atoms with Crippen molar-refractivity contribution in [1.82, 2.24) is 9.29 Å². The Morgan fingerprint density at radius 2 is 1.76 bits per heavy atom. The first-order chi connectivity index (χ1) is 13.5. The van der Waals surface area contributed by atoms with E-state index in [1.807, 2.05) is 38.1 Å². The van der Waals surface area contributed by atoms with Gasteiger partial charge in [-0.2, -0.15) is 0 Å². The lowest BCUT2D eigenvalue weighted by Crippen LogP contribution is -2.27. The molecule has 29 heavy (non-hydrogen) atoms. The maximum absolute atomic E-state index is 12.9. The van der Waals surface area contributed by atoms with Gasteiger partial charge in [0.25, 0.3) is 0 Å². The van der Waals surface area contributed by atoms with E-state index in [1.54, 1.807) is 22.8 Å². The molecule has 0 aliphatic carbocycles. The molecular formula is C22H28N2O3S2. The molecule has 156 valence electrons. The molecule has 0 amide bonds. The van der Waals surface area contributed by atoms with Crippen LogP contribution in [-0.4, -0.2) is 13.0 Å². The van der Waals surface area contributed by atoms with E-state index < -0.39 is 10.0 Å². The Morgan fingerprint density at radius 3 is 2.34 bits per heavy atom. The molecule has 0 bridgehead atoms. The van der Waals surface area contributed by atoms with Gasteiger partial charge < -0.3 is 0 Å². The Labute approximate surface area is 176 Å². The maximum Gasteiger partial charge on any atom is 0.308 e. The zero-order chi connectivity index (χ0) is 21.4. The lowest BCUT2D eigenvalue weighted by atomic mass is 9.86. The summed E-state index contributed by atoms with van der Waals surface area (Å²) in [4.78, 5) is 12.3. The van der Waals surface area contributed by atoms with Gasteiger partial charge in [-0.15, -0.1) is 0 Å². The van der Waals surface area contributed by atoms with Gasteiger partial charge in [0.1, 0.15) is 0 Å². The van der Waals surface area contributed by atoms with E-state index in [4.69, 9.17) is 0 Å². The molecule has 0 saturated heterocycles. The smallest absolute Gasteiger partial charge is 0.299 e. The third-order valence-electron chi connectivity index (χ3n) is 5.01.